The van der Waals surface area contributed by atoms with Gasteiger partial charge in [0.25, 0.3) is 5.69 Å². The highest BCUT2D eigenvalue weighted by Crippen LogP contribution is 2.44. The standard InChI is InChI=1S/C30H29N5O2S2/c36-35(37)23-13-17-25(18-14-23)39-24-15-11-22(12-16-24)34-29(28(32-30(34)38)26-9-4-5-19-31-26)27-10-6-20-33(27)21-7-2-1-3-8-21/h4-6,9-21,28-29H,1-3,7-8H2,(H,32,38)/t28-,29+/m0/s1. The average molecular weight is 556 g/mol. The number of nitro benzene ring substituents is 1. The van der Waals surface area contributed by atoms with Crippen LogP contribution < -0.4 is 10.2 Å². The Balaban J connectivity index is 1.32. The molecule has 4 aromatic rings. The number of rotatable bonds is 7. The summed E-state index contributed by atoms with van der Waals surface area (Å²) in [6, 6.07) is 25.8. The number of non-ortho nitro benzene ring substituents is 1. The molecule has 2 fully saturated rings. The third-order valence-electron chi connectivity index (χ3n) is 7.58. The van der Waals surface area contributed by atoms with Gasteiger partial charge in [-0.2, -0.15) is 0 Å². The van der Waals surface area contributed by atoms with Gasteiger partial charge in [-0.3, -0.25) is 15.1 Å². The van der Waals surface area contributed by atoms with Crippen molar-refractivity contribution in [2.75, 3.05) is 4.90 Å². The van der Waals surface area contributed by atoms with Crippen LogP contribution >= 0.6 is 24.0 Å². The van der Waals surface area contributed by atoms with Crippen LogP contribution in [-0.2, 0) is 0 Å². The van der Waals surface area contributed by atoms with Crippen LogP contribution in [0.3, 0.4) is 0 Å². The number of nitrogens with zero attached hydrogens (tertiary/aromatic N) is 4. The maximum atomic E-state index is 11.0. The number of anilines is 1. The van der Waals surface area contributed by atoms with Gasteiger partial charge in [-0.15, -0.1) is 0 Å². The number of hydrogen-bond donors (Lipinski definition) is 1. The van der Waals surface area contributed by atoms with Crippen molar-refractivity contribution in [3.8, 4) is 0 Å². The molecule has 2 aromatic heterocycles. The van der Waals surface area contributed by atoms with Crippen LogP contribution in [0.25, 0.3) is 0 Å². The van der Waals surface area contributed by atoms with Crippen LogP contribution in [-0.4, -0.2) is 19.6 Å². The first kappa shape index (κ1) is 25.6. The summed E-state index contributed by atoms with van der Waals surface area (Å²) in [5.74, 6) is 0. The molecular weight excluding hydrogens is 526 g/mol. The van der Waals surface area contributed by atoms with Gasteiger partial charge in [0, 0.05) is 51.7 Å². The van der Waals surface area contributed by atoms with E-state index in [1.807, 2.05) is 18.3 Å². The number of benzene rings is 2. The molecule has 39 heavy (non-hydrogen) atoms. The summed E-state index contributed by atoms with van der Waals surface area (Å²) in [6.45, 7) is 0. The molecule has 0 radical (unpaired) electrons. The lowest BCUT2D eigenvalue weighted by Crippen LogP contribution is -2.31. The molecular formula is C30H29N5O2S2. The van der Waals surface area contributed by atoms with Gasteiger partial charge in [0.2, 0.25) is 0 Å². The molecule has 2 aromatic carbocycles. The van der Waals surface area contributed by atoms with E-state index < -0.39 is 0 Å². The zero-order valence-electron chi connectivity index (χ0n) is 21.3. The normalized spacial score (nSPS) is 19.7. The lowest BCUT2D eigenvalue weighted by atomic mass is 9.94. The Labute approximate surface area is 237 Å². The molecule has 1 aliphatic carbocycles. The quantitative estimate of drug-likeness (QED) is 0.143. The van der Waals surface area contributed by atoms with Gasteiger partial charge >= 0.3 is 0 Å². The van der Waals surface area contributed by atoms with E-state index in [0.29, 0.717) is 11.2 Å². The van der Waals surface area contributed by atoms with Gasteiger partial charge in [0.1, 0.15) is 6.04 Å². The molecule has 1 saturated carbocycles. The highest BCUT2D eigenvalue weighted by atomic mass is 32.2. The fourth-order valence-corrected chi connectivity index (χ4v) is 6.89. The maximum Gasteiger partial charge on any atom is 0.269 e. The Morgan fingerprint density at radius 2 is 1.64 bits per heavy atom. The second-order valence-electron chi connectivity index (χ2n) is 9.98. The third-order valence-corrected chi connectivity index (χ3v) is 8.91. The largest absolute Gasteiger partial charge is 0.351 e. The Hall–Kier alpha value is -3.69. The smallest absolute Gasteiger partial charge is 0.269 e. The molecule has 0 unspecified atom stereocenters. The minimum absolute atomic E-state index is 0.0440. The highest BCUT2D eigenvalue weighted by Gasteiger charge is 2.42. The first-order valence-corrected chi connectivity index (χ1v) is 14.5. The molecule has 2 atom stereocenters. The monoisotopic (exact) mass is 555 g/mol. The molecule has 1 saturated heterocycles. The van der Waals surface area contributed by atoms with Gasteiger partial charge in [0.15, 0.2) is 5.11 Å². The lowest BCUT2D eigenvalue weighted by molar-refractivity contribution is -0.384. The second-order valence-corrected chi connectivity index (χ2v) is 11.5. The first-order chi connectivity index (χ1) is 19.1. The van der Waals surface area contributed by atoms with Crippen molar-refractivity contribution in [1.29, 1.82) is 0 Å². The molecule has 9 heteroatoms. The molecule has 7 nitrogen and oxygen atoms in total. The highest BCUT2D eigenvalue weighted by molar-refractivity contribution is 7.99. The zero-order chi connectivity index (χ0) is 26.8. The van der Waals surface area contributed by atoms with Crippen LogP contribution in [0.1, 0.15) is 61.6 Å². The second kappa shape index (κ2) is 11.2. The van der Waals surface area contributed by atoms with Gasteiger partial charge < -0.3 is 14.8 Å². The van der Waals surface area contributed by atoms with Crippen molar-refractivity contribution in [2.24, 2.45) is 0 Å². The van der Waals surface area contributed by atoms with E-state index in [9.17, 15) is 10.1 Å². The van der Waals surface area contributed by atoms with E-state index in [-0.39, 0.29) is 22.7 Å². The number of pyridine rings is 1. The Kier molecular flexibility index (Phi) is 7.34. The lowest BCUT2D eigenvalue weighted by Gasteiger charge is -2.32. The van der Waals surface area contributed by atoms with Crippen molar-refractivity contribution < 1.29 is 4.92 Å². The van der Waals surface area contributed by atoms with Gasteiger partial charge in [-0.05, 0) is 85.7 Å². The fourth-order valence-electron chi connectivity index (χ4n) is 5.73. The van der Waals surface area contributed by atoms with Crippen molar-refractivity contribution in [2.45, 2.75) is 60.0 Å². The number of nitrogens with one attached hydrogen (secondary N) is 1. The minimum atomic E-state index is -0.379. The molecule has 3 heterocycles. The molecule has 6 rings (SSSR count). The van der Waals surface area contributed by atoms with Gasteiger partial charge in [-0.25, -0.2) is 0 Å². The maximum absolute atomic E-state index is 11.0. The van der Waals surface area contributed by atoms with Crippen LogP contribution in [0.5, 0.6) is 0 Å². The van der Waals surface area contributed by atoms with Crippen LogP contribution in [0.2, 0.25) is 0 Å². The Bertz CT molecular complexity index is 1450. The summed E-state index contributed by atoms with van der Waals surface area (Å²) >= 11 is 7.51. The van der Waals surface area contributed by atoms with Crippen molar-refractivity contribution >= 4 is 40.5 Å². The summed E-state index contributed by atoms with van der Waals surface area (Å²) in [6.07, 6.45) is 10.3. The fraction of sp³-hybridized carbons (Fsp3) is 0.267. The van der Waals surface area contributed by atoms with E-state index in [1.165, 1.54) is 49.9 Å². The summed E-state index contributed by atoms with van der Waals surface area (Å²) in [7, 11) is 0. The van der Waals surface area contributed by atoms with Crippen molar-refractivity contribution in [3.63, 3.8) is 0 Å². The number of nitro groups is 1. The zero-order valence-corrected chi connectivity index (χ0v) is 23.0. The topological polar surface area (TPSA) is 76.2 Å². The number of aromatic nitrogens is 2. The SMILES string of the molecule is O=[N+]([O-])c1ccc(Sc2ccc(N3C(=S)N[C@@H](c4ccccn4)[C@H]3c3cccn3C3CCCCC3)cc2)cc1. The predicted octanol–water partition coefficient (Wildman–Crippen LogP) is 7.62. The van der Waals surface area contributed by atoms with E-state index in [1.54, 1.807) is 23.9 Å². The summed E-state index contributed by atoms with van der Waals surface area (Å²) in [5.41, 5.74) is 3.32. The first-order valence-electron chi connectivity index (χ1n) is 13.3. The van der Waals surface area contributed by atoms with Crippen molar-refractivity contribution in [1.82, 2.24) is 14.9 Å². The van der Waals surface area contributed by atoms with E-state index in [2.05, 4.69) is 63.4 Å². The molecule has 1 aliphatic heterocycles. The van der Waals surface area contributed by atoms with Gasteiger partial charge in [0.05, 0.1) is 16.7 Å². The predicted molar refractivity (Wildman–Crippen MR) is 158 cm³/mol. The molecule has 2 aliphatic rings. The molecule has 0 bridgehead atoms. The van der Waals surface area contributed by atoms with E-state index in [0.717, 1.165) is 21.2 Å². The Morgan fingerprint density at radius 1 is 0.923 bits per heavy atom. The molecule has 0 spiro atoms. The molecule has 0 amide bonds. The van der Waals surface area contributed by atoms with Gasteiger partial charge in [-0.1, -0.05) is 37.1 Å². The number of hydrogen-bond acceptors (Lipinski definition) is 5. The molecule has 1 N–H and O–H groups in total. The van der Waals surface area contributed by atoms with Crippen LogP contribution in [0.4, 0.5) is 11.4 Å². The average Bonchev–Trinajstić information content (AvgIpc) is 3.59. The van der Waals surface area contributed by atoms with Crippen LogP contribution in [0.15, 0.2) is 101 Å². The molecule has 198 valence electrons. The minimum Gasteiger partial charge on any atom is -0.351 e. The number of thiocarbonyl (C=S) groups is 1. The van der Waals surface area contributed by atoms with E-state index in [4.69, 9.17) is 17.2 Å². The van der Waals surface area contributed by atoms with Crippen molar-refractivity contribution in [3.05, 3.63) is 113 Å². The third kappa shape index (κ3) is 5.29. The van der Waals surface area contributed by atoms with E-state index >= 15 is 0 Å². The summed E-state index contributed by atoms with van der Waals surface area (Å²) < 4.78 is 2.47. The Morgan fingerprint density at radius 3 is 2.31 bits per heavy atom. The van der Waals surface area contributed by atoms with Crippen LogP contribution in [0, 0.1) is 10.1 Å². The summed E-state index contributed by atoms with van der Waals surface area (Å²) in [5, 5.41) is 15.2. The summed E-state index contributed by atoms with van der Waals surface area (Å²) in [4.78, 5) is 19.5.